The molecule has 2 aliphatic heterocycles. The zero-order valence-corrected chi connectivity index (χ0v) is 20.7. The van der Waals surface area contributed by atoms with Gasteiger partial charge in [-0.25, -0.2) is 19.5 Å². The molecule has 35 heavy (non-hydrogen) atoms. The van der Waals surface area contributed by atoms with Crippen molar-refractivity contribution in [3.8, 4) is 0 Å². The highest BCUT2D eigenvalue weighted by molar-refractivity contribution is 7.48. The van der Waals surface area contributed by atoms with E-state index in [4.69, 9.17) is 47.2 Å². The van der Waals surface area contributed by atoms with Crippen molar-refractivity contribution in [3.63, 3.8) is 0 Å². The Bertz CT molecular complexity index is 1290. The highest BCUT2D eigenvalue weighted by atomic mass is 35.5. The van der Waals surface area contributed by atoms with Gasteiger partial charge in [-0.1, -0.05) is 23.2 Å². The Balaban J connectivity index is 1.31. The third-order valence-corrected chi connectivity index (χ3v) is 7.85. The third kappa shape index (κ3) is 4.66. The molecule has 0 aliphatic carbocycles. The summed E-state index contributed by atoms with van der Waals surface area (Å²) >= 11 is 12.1. The standard InChI is InChI=1S/C20H22Cl2N5O7P/c1-20(29)16(28)14(33-19(20)27-9-26-15-17(23)24-8-25-18(15)27)7-32-35(30)31-3-2-13(34-35)10-4-11(21)6-12(22)5-10/h4-6,8-9,13-14,16,19,28-29H,2-3,7H2,1H3,(H2,23,24,25)/t13?,14-,16-,19-,20-,35?/m1/s1. The number of anilines is 1. The minimum absolute atomic E-state index is 0.0998. The van der Waals surface area contributed by atoms with Crippen LogP contribution < -0.4 is 5.73 Å². The molecule has 6 atom stereocenters. The van der Waals surface area contributed by atoms with Crippen molar-refractivity contribution < 1.29 is 33.1 Å². The van der Waals surface area contributed by atoms with Gasteiger partial charge in [0, 0.05) is 16.5 Å². The second-order valence-electron chi connectivity index (χ2n) is 8.44. The van der Waals surface area contributed by atoms with Crippen molar-refractivity contribution in [3.05, 3.63) is 46.5 Å². The largest absolute Gasteiger partial charge is 0.475 e. The van der Waals surface area contributed by atoms with E-state index in [1.165, 1.54) is 24.1 Å². The van der Waals surface area contributed by atoms with Gasteiger partial charge in [-0.05, 0) is 30.7 Å². The van der Waals surface area contributed by atoms with Crippen molar-refractivity contribution in [1.29, 1.82) is 0 Å². The second-order valence-corrected chi connectivity index (χ2v) is 10.9. The number of nitrogens with two attached hydrogens (primary N) is 1. The number of benzene rings is 1. The predicted octanol–water partition coefficient (Wildman–Crippen LogP) is 3.03. The van der Waals surface area contributed by atoms with Crippen LogP contribution in [0.25, 0.3) is 11.2 Å². The van der Waals surface area contributed by atoms with Gasteiger partial charge in [0.25, 0.3) is 0 Å². The maximum Gasteiger partial charge on any atom is 0.475 e. The SMILES string of the molecule is C[C@@]1(O)[C@H](O)[C@@H](COP2(=O)OCCC(c3cc(Cl)cc(Cl)c3)O2)O[C@H]1n1cnc2c(N)ncnc21. The van der Waals surface area contributed by atoms with Gasteiger partial charge in [0.1, 0.15) is 29.7 Å². The number of phosphoric acid groups is 1. The molecule has 0 saturated carbocycles. The summed E-state index contributed by atoms with van der Waals surface area (Å²) < 4.78 is 36.9. The van der Waals surface area contributed by atoms with E-state index in [2.05, 4.69) is 15.0 Å². The maximum atomic E-state index is 13.2. The lowest BCUT2D eigenvalue weighted by Crippen LogP contribution is -2.44. The molecule has 12 nitrogen and oxygen atoms in total. The monoisotopic (exact) mass is 545 g/mol. The van der Waals surface area contributed by atoms with E-state index in [9.17, 15) is 14.8 Å². The van der Waals surface area contributed by atoms with Crippen LogP contribution in [0.1, 0.15) is 31.2 Å². The Morgan fingerprint density at radius 2 is 2.03 bits per heavy atom. The number of aromatic nitrogens is 4. The van der Waals surface area contributed by atoms with E-state index in [1.54, 1.807) is 18.2 Å². The Morgan fingerprint density at radius 3 is 2.77 bits per heavy atom. The lowest BCUT2D eigenvalue weighted by molar-refractivity contribution is -0.0953. The molecule has 5 rings (SSSR count). The van der Waals surface area contributed by atoms with Crippen molar-refractivity contribution in [2.75, 3.05) is 18.9 Å². The van der Waals surface area contributed by atoms with Crippen molar-refractivity contribution in [2.24, 2.45) is 0 Å². The molecule has 3 aromatic rings. The lowest BCUT2D eigenvalue weighted by Gasteiger charge is -2.30. The number of imidazole rings is 1. The summed E-state index contributed by atoms with van der Waals surface area (Å²) in [4.78, 5) is 12.2. The number of nitrogens with zero attached hydrogens (tertiary/aromatic N) is 4. The van der Waals surface area contributed by atoms with Crippen LogP contribution in [0.4, 0.5) is 5.82 Å². The van der Waals surface area contributed by atoms with Gasteiger partial charge in [-0.2, -0.15) is 0 Å². The number of aliphatic hydroxyl groups excluding tert-OH is 1. The fourth-order valence-electron chi connectivity index (χ4n) is 4.15. The van der Waals surface area contributed by atoms with Crippen molar-refractivity contribution in [1.82, 2.24) is 19.5 Å². The molecular weight excluding hydrogens is 524 g/mol. The van der Waals surface area contributed by atoms with E-state index >= 15 is 0 Å². The number of aliphatic hydroxyl groups is 2. The highest BCUT2D eigenvalue weighted by Gasteiger charge is 2.54. The van der Waals surface area contributed by atoms with Crippen LogP contribution in [0.15, 0.2) is 30.9 Å². The number of hydrogen-bond donors (Lipinski definition) is 3. The molecule has 2 unspecified atom stereocenters. The zero-order chi connectivity index (χ0) is 25.0. The van der Waals surface area contributed by atoms with Crippen molar-refractivity contribution in [2.45, 2.75) is 43.5 Å². The number of fused-ring (bicyclic) bond motifs is 1. The molecule has 4 N–H and O–H groups in total. The van der Waals surface area contributed by atoms with Gasteiger partial charge >= 0.3 is 7.82 Å². The van der Waals surface area contributed by atoms with Crippen LogP contribution in [0, 0.1) is 0 Å². The topological polar surface area (TPSA) is 164 Å². The number of ether oxygens (including phenoxy) is 1. The summed E-state index contributed by atoms with van der Waals surface area (Å²) in [6.07, 6.45) is -1.18. The fraction of sp³-hybridized carbons (Fsp3) is 0.450. The molecule has 2 aliphatic rings. The molecule has 0 radical (unpaired) electrons. The molecule has 2 saturated heterocycles. The summed E-state index contributed by atoms with van der Waals surface area (Å²) in [6.45, 7) is 1.11. The summed E-state index contributed by atoms with van der Waals surface area (Å²) in [5, 5.41) is 22.6. The Hall–Kier alpha value is -1.86. The van der Waals surface area contributed by atoms with E-state index in [0.29, 0.717) is 33.2 Å². The first-order chi connectivity index (χ1) is 16.6. The average Bonchev–Trinajstić information content (AvgIpc) is 3.31. The molecule has 0 spiro atoms. The molecule has 15 heteroatoms. The number of rotatable bonds is 5. The first-order valence-electron chi connectivity index (χ1n) is 10.6. The van der Waals surface area contributed by atoms with E-state index in [1.807, 2.05) is 0 Å². The van der Waals surface area contributed by atoms with Crippen LogP contribution in [0.2, 0.25) is 10.0 Å². The molecule has 1 aromatic carbocycles. The molecule has 0 bridgehead atoms. The van der Waals surface area contributed by atoms with Gasteiger partial charge in [0.05, 0.1) is 25.6 Å². The van der Waals surface area contributed by atoms with Crippen molar-refractivity contribution >= 4 is 48.0 Å². The fourth-order valence-corrected chi connectivity index (χ4v) is 6.09. The molecule has 2 fully saturated rings. The Kier molecular flexibility index (Phi) is 6.54. The third-order valence-electron chi connectivity index (χ3n) is 5.93. The Morgan fingerprint density at radius 1 is 1.29 bits per heavy atom. The molecule has 2 aromatic heterocycles. The molecule has 0 amide bonds. The van der Waals surface area contributed by atoms with E-state index in [-0.39, 0.29) is 12.4 Å². The number of phosphoric ester groups is 1. The normalized spacial score (nSPS) is 33.4. The minimum Gasteiger partial charge on any atom is -0.387 e. The summed E-state index contributed by atoms with van der Waals surface area (Å²) in [5.41, 5.74) is 5.32. The van der Waals surface area contributed by atoms with Crippen LogP contribution in [-0.2, 0) is 22.9 Å². The Labute approximate surface area is 209 Å². The summed E-state index contributed by atoms with van der Waals surface area (Å²) in [5.74, 6) is 0.159. The van der Waals surface area contributed by atoms with Gasteiger partial charge in [0.2, 0.25) is 0 Å². The van der Waals surface area contributed by atoms with Gasteiger partial charge in [-0.3, -0.25) is 18.1 Å². The number of halogens is 2. The smallest absolute Gasteiger partial charge is 0.387 e. The quantitative estimate of drug-likeness (QED) is 0.403. The number of nitrogen functional groups attached to an aromatic ring is 1. The summed E-state index contributed by atoms with van der Waals surface area (Å²) in [6, 6.07) is 4.89. The van der Waals surface area contributed by atoms with Crippen LogP contribution >= 0.6 is 31.0 Å². The van der Waals surface area contributed by atoms with E-state index in [0.717, 1.165) is 0 Å². The van der Waals surface area contributed by atoms with Crippen LogP contribution in [0.3, 0.4) is 0 Å². The number of hydrogen-bond acceptors (Lipinski definition) is 11. The van der Waals surface area contributed by atoms with Gasteiger partial charge in [0.15, 0.2) is 17.7 Å². The van der Waals surface area contributed by atoms with E-state index < -0.39 is 44.6 Å². The maximum absolute atomic E-state index is 13.2. The second kappa shape index (κ2) is 9.22. The van der Waals surface area contributed by atoms with Crippen LogP contribution in [-0.4, -0.2) is 60.8 Å². The zero-order valence-electron chi connectivity index (χ0n) is 18.3. The molecule has 188 valence electrons. The minimum atomic E-state index is -4.03. The average molecular weight is 546 g/mol. The predicted molar refractivity (Wildman–Crippen MR) is 125 cm³/mol. The van der Waals surface area contributed by atoms with Gasteiger partial charge < -0.3 is 20.7 Å². The molecular formula is C20H22Cl2N5O7P. The lowest BCUT2D eigenvalue weighted by atomic mass is 9.96. The summed E-state index contributed by atoms with van der Waals surface area (Å²) in [7, 11) is -4.03. The first kappa shape index (κ1) is 24.8. The van der Waals surface area contributed by atoms with Crippen LogP contribution in [0.5, 0.6) is 0 Å². The highest BCUT2D eigenvalue weighted by Crippen LogP contribution is 2.57. The van der Waals surface area contributed by atoms with Gasteiger partial charge in [-0.15, -0.1) is 0 Å². The first-order valence-corrected chi connectivity index (χ1v) is 12.8. The molecule has 4 heterocycles.